The Morgan fingerprint density at radius 3 is 2.61 bits per heavy atom. The lowest BCUT2D eigenvalue weighted by molar-refractivity contribution is -0.179. The average molecular weight is 336 g/mol. The summed E-state index contributed by atoms with van der Waals surface area (Å²) in [7, 11) is 0. The van der Waals surface area contributed by atoms with Crippen LogP contribution in [0.1, 0.15) is 43.4 Å². The van der Waals surface area contributed by atoms with Crippen molar-refractivity contribution in [3.05, 3.63) is 22.4 Å². The van der Waals surface area contributed by atoms with Crippen LogP contribution in [0.2, 0.25) is 0 Å². The van der Waals surface area contributed by atoms with Gasteiger partial charge < -0.3 is 19.7 Å². The molecule has 3 fully saturated rings. The maximum Gasteiger partial charge on any atom is 0.318 e. The third-order valence-corrected chi connectivity index (χ3v) is 5.90. The van der Waals surface area contributed by atoms with Crippen LogP contribution in [0.15, 0.2) is 17.5 Å². The summed E-state index contributed by atoms with van der Waals surface area (Å²) in [6, 6.07) is 4.91. The van der Waals surface area contributed by atoms with E-state index in [1.165, 1.54) is 4.88 Å². The Labute approximate surface area is 140 Å². The molecule has 5 nitrogen and oxygen atoms in total. The van der Waals surface area contributed by atoms with E-state index >= 15 is 0 Å². The van der Waals surface area contributed by atoms with Crippen LogP contribution in [0.4, 0.5) is 4.79 Å². The van der Waals surface area contributed by atoms with E-state index < -0.39 is 0 Å². The van der Waals surface area contributed by atoms with Crippen LogP contribution >= 0.6 is 11.3 Å². The second kappa shape index (κ2) is 6.42. The normalized spacial score (nSPS) is 24.0. The van der Waals surface area contributed by atoms with Gasteiger partial charge in [-0.25, -0.2) is 4.79 Å². The van der Waals surface area contributed by atoms with Gasteiger partial charge in [-0.1, -0.05) is 6.07 Å². The molecule has 2 amide bonds. The lowest BCUT2D eigenvalue weighted by Gasteiger charge is -2.36. The predicted molar refractivity (Wildman–Crippen MR) is 88.3 cm³/mol. The number of urea groups is 1. The highest BCUT2D eigenvalue weighted by Gasteiger charge is 2.41. The summed E-state index contributed by atoms with van der Waals surface area (Å²) in [6.45, 7) is 2.14. The first-order valence-electron chi connectivity index (χ1n) is 8.62. The van der Waals surface area contributed by atoms with Crippen LogP contribution in [0.3, 0.4) is 0 Å². The topological polar surface area (TPSA) is 50.8 Å². The van der Waals surface area contributed by atoms with Crippen LogP contribution in [0.25, 0.3) is 0 Å². The first-order valence-corrected chi connectivity index (χ1v) is 9.49. The standard InChI is InChI=1S/C17H24N2O3S/c20-16(19(14-3-4-14)12-15-2-1-11-23-15)18-13-5-7-17(8-6-13)21-9-10-22-17/h1-2,11,13-14H,3-10,12H2,(H,18,20). The predicted octanol–water partition coefficient (Wildman–Crippen LogP) is 3.11. The summed E-state index contributed by atoms with van der Waals surface area (Å²) in [4.78, 5) is 16.0. The molecule has 0 atom stereocenters. The highest BCUT2D eigenvalue weighted by molar-refractivity contribution is 7.09. The Kier molecular flexibility index (Phi) is 4.30. The molecular formula is C17H24N2O3S. The summed E-state index contributed by atoms with van der Waals surface area (Å²) in [6.07, 6.45) is 5.90. The van der Waals surface area contributed by atoms with Gasteiger partial charge in [0.2, 0.25) is 0 Å². The van der Waals surface area contributed by atoms with Gasteiger partial charge in [-0.05, 0) is 37.1 Å². The quantitative estimate of drug-likeness (QED) is 0.919. The number of carbonyl (C=O) groups excluding carboxylic acids is 1. The van der Waals surface area contributed by atoms with Crippen LogP contribution < -0.4 is 5.32 Å². The lowest BCUT2D eigenvalue weighted by Crippen LogP contribution is -2.49. The van der Waals surface area contributed by atoms with Crippen LogP contribution in [-0.4, -0.2) is 42.0 Å². The van der Waals surface area contributed by atoms with Crippen LogP contribution in [0, 0.1) is 0 Å². The van der Waals surface area contributed by atoms with Crippen molar-refractivity contribution in [2.24, 2.45) is 0 Å². The summed E-state index contributed by atoms with van der Waals surface area (Å²) < 4.78 is 11.5. The molecule has 2 heterocycles. The zero-order valence-corrected chi connectivity index (χ0v) is 14.1. The SMILES string of the molecule is O=C(NC1CCC2(CC1)OCCO2)N(Cc1cccs1)C1CC1. The number of ether oxygens (including phenoxy) is 2. The number of rotatable bonds is 4. The van der Waals surface area contributed by atoms with E-state index in [1.807, 2.05) is 11.0 Å². The van der Waals surface area contributed by atoms with E-state index in [0.717, 1.165) is 45.1 Å². The highest BCUT2D eigenvalue weighted by Crippen LogP contribution is 2.36. The third kappa shape index (κ3) is 3.54. The first-order chi connectivity index (χ1) is 11.2. The van der Waals surface area contributed by atoms with E-state index in [2.05, 4.69) is 16.8 Å². The molecule has 1 spiro atoms. The van der Waals surface area contributed by atoms with E-state index in [9.17, 15) is 4.79 Å². The van der Waals surface area contributed by atoms with Gasteiger partial charge in [0, 0.05) is 29.8 Å². The Morgan fingerprint density at radius 2 is 2.00 bits per heavy atom. The highest BCUT2D eigenvalue weighted by atomic mass is 32.1. The molecule has 1 saturated heterocycles. The second-order valence-corrected chi connectivity index (χ2v) is 7.80. The number of nitrogens with zero attached hydrogens (tertiary/aromatic N) is 1. The minimum Gasteiger partial charge on any atom is -0.348 e. The fourth-order valence-corrected chi connectivity index (χ4v) is 4.27. The Morgan fingerprint density at radius 1 is 1.26 bits per heavy atom. The molecule has 0 bridgehead atoms. The average Bonchev–Trinajstić information content (AvgIpc) is 3.08. The molecular weight excluding hydrogens is 312 g/mol. The number of nitrogens with one attached hydrogen (secondary N) is 1. The van der Waals surface area contributed by atoms with Gasteiger partial charge in [-0.3, -0.25) is 0 Å². The zero-order valence-electron chi connectivity index (χ0n) is 13.3. The van der Waals surface area contributed by atoms with Crippen molar-refractivity contribution in [3.63, 3.8) is 0 Å². The van der Waals surface area contributed by atoms with E-state index in [4.69, 9.17) is 9.47 Å². The number of hydrogen-bond acceptors (Lipinski definition) is 4. The molecule has 6 heteroatoms. The molecule has 2 aliphatic carbocycles. The smallest absolute Gasteiger partial charge is 0.318 e. The number of amides is 2. The fraction of sp³-hybridized carbons (Fsp3) is 0.706. The maximum atomic E-state index is 12.7. The summed E-state index contributed by atoms with van der Waals surface area (Å²) in [5.41, 5.74) is 0. The summed E-state index contributed by atoms with van der Waals surface area (Å²) in [5, 5.41) is 5.31. The molecule has 0 aromatic carbocycles. The molecule has 0 unspecified atom stereocenters. The third-order valence-electron chi connectivity index (χ3n) is 5.04. The molecule has 23 heavy (non-hydrogen) atoms. The molecule has 3 aliphatic rings. The van der Waals surface area contributed by atoms with Crippen molar-refractivity contribution in [1.29, 1.82) is 0 Å². The van der Waals surface area contributed by atoms with E-state index in [0.29, 0.717) is 19.3 Å². The van der Waals surface area contributed by atoms with Gasteiger partial charge in [0.05, 0.1) is 19.8 Å². The minimum absolute atomic E-state index is 0.0927. The van der Waals surface area contributed by atoms with Crippen molar-refractivity contribution >= 4 is 17.4 Å². The monoisotopic (exact) mass is 336 g/mol. The lowest BCUT2D eigenvalue weighted by atomic mass is 9.90. The van der Waals surface area contributed by atoms with Crippen molar-refractivity contribution in [3.8, 4) is 0 Å². The van der Waals surface area contributed by atoms with Crippen molar-refractivity contribution in [1.82, 2.24) is 10.2 Å². The minimum atomic E-state index is -0.353. The van der Waals surface area contributed by atoms with Gasteiger partial charge in [0.25, 0.3) is 0 Å². The first kappa shape index (κ1) is 15.4. The van der Waals surface area contributed by atoms with Gasteiger partial charge in [0.1, 0.15) is 0 Å². The molecule has 1 aromatic heterocycles. The number of thiophene rings is 1. The molecule has 4 rings (SSSR count). The fourth-order valence-electron chi connectivity index (χ4n) is 3.57. The van der Waals surface area contributed by atoms with Crippen molar-refractivity contribution < 1.29 is 14.3 Å². The Balaban J connectivity index is 1.31. The number of hydrogen-bond donors (Lipinski definition) is 1. The van der Waals surface area contributed by atoms with Crippen LogP contribution in [0.5, 0.6) is 0 Å². The summed E-state index contributed by atoms with van der Waals surface area (Å²) in [5.74, 6) is -0.353. The van der Waals surface area contributed by atoms with Crippen molar-refractivity contribution in [2.75, 3.05) is 13.2 Å². The Hall–Kier alpha value is -1.11. The van der Waals surface area contributed by atoms with Crippen LogP contribution in [-0.2, 0) is 16.0 Å². The zero-order chi connectivity index (χ0) is 15.7. The van der Waals surface area contributed by atoms with E-state index in [1.54, 1.807) is 11.3 Å². The van der Waals surface area contributed by atoms with Gasteiger partial charge in [0.15, 0.2) is 5.79 Å². The molecule has 2 saturated carbocycles. The molecule has 0 radical (unpaired) electrons. The second-order valence-electron chi connectivity index (χ2n) is 6.77. The van der Waals surface area contributed by atoms with Crippen molar-refractivity contribution in [2.45, 2.75) is 62.9 Å². The summed E-state index contributed by atoms with van der Waals surface area (Å²) >= 11 is 1.72. The van der Waals surface area contributed by atoms with Gasteiger partial charge in [-0.2, -0.15) is 0 Å². The molecule has 1 aromatic rings. The molecule has 1 aliphatic heterocycles. The van der Waals surface area contributed by atoms with E-state index in [-0.39, 0.29) is 17.9 Å². The molecule has 126 valence electrons. The number of carbonyl (C=O) groups is 1. The Bertz CT molecular complexity index is 528. The van der Waals surface area contributed by atoms with Gasteiger partial charge >= 0.3 is 6.03 Å². The maximum absolute atomic E-state index is 12.7. The van der Waals surface area contributed by atoms with Gasteiger partial charge in [-0.15, -0.1) is 11.3 Å². The largest absolute Gasteiger partial charge is 0.348 e. The molecule has 1 N–H and O–H groups in total.